The number of hydrogen-bond donors (Lipinski definition) is 2. The molecule has 0 saturated heterocycles. The molecule has 1 atom stereocenters. The minimum absolute atomic E-state index is 0.250. The third-order valence-corrected chi connectivity index (χ3v) is 4.95. The van der Waals surface area contributed by atoms with Crippen molar-refractivity contribution in [1.29, 1.82) is 0 Å². The van der Waals surface area contributed by atoms with E-state index in [1.54, 1.807) is 47.4 Å². The van der Waals surface area contributed by atoms with Crippen LogP contribution in [0.25, 0.3) is 22.4 Å². The zero-order chi connectivity index (χ0) is 20.0. The molecule has 1 aromatic carbocycles. The number of aromatic amines is 1. The van der Waals surface area contributed by atoms with Gasteiger partial charge in [-0.2, -0.15) is 5.10 Å². The molecule has 0 aliphatic rings. The molecule has 0 aliphatic carbocycles. The molecule has 0 radical (unpaired) electrons. The molecule has 0 bridgehead atoms. The van der Waals surface area contributed by atoms with Crippen LogP contribution in [-0.4, -0.2) is 34.1 Å². The molecule has 29 heavy (non-hydrogen) atoms. The summed E-state index contributed by atoms with van der Waals surface area (Å²) in [5.41, 5.74) is 0.861. The smallest absolute Gasteiger partial charge is 0.268 e. The molecule has 0 aliphatic heterocycles. The zero-order valence-electron chi connectivity index (χ0n) is 15.2. The highest BCUT2D eigenvalue weighted by molar-refractivity contribution is 6.35. The lowest BCUT2D eigenvalue weighted by Crippen LogP contribution is -2.28. The standard InChI is InChI=1S/C19H15ClN8O/c1-11(25-16-18-22-8-9-27(18)24-10-23-16)17-26-13-5-2-4-12(20)15(13)19(29)28(17)14-6-3-7-21-14/h2-11,21H,1H3,(H,23,24,25). The number of nitrogens with one attached hydrogen (secondary N) is 2. The van der Waals surface area contributed by atoms with Crippen LogP contribution in [-0.2, 0) is 0 Å². The van der Waals surface area contributed by atoms with Crippen molar-refractivity contribution in [2.75, 3.05) is 5.32 Å². The predicted octanol–water partition coefficient (Wildman–Crippen LogP) is 2.98. The number of aromatic nitrogens is 7. The topological polar surface area (TPSA) is 106 Å². The largest absolute Gasteiger partial charge is 0.357 e. The number of nitrogens with zero attached hydrogens (tertiary/aromatic N) is 6. The molecule has 1 unspecified atom stereocenters. The minimum atomic E-state index is -0.371. The normalized spacial score (nSPS) is 12.5. The van der Waals surface area contributed by atoms with E-state index in [-0.39, 0.29) is 11.6 Å². The van der Waals surface area contributed by atoms with Crippen LogP contribution in [0, 0.1) is 0 Å². The first kappa shape index (κ1) is 17.4. The summed E-state index contributed by atoms with van der Waals surface area (Å²) < 4.78 is 3.14. The van der Waals surface area contributed by atoms with Crippen molar-refractivity contribution in [3.63, 3.8) is 0 Å². The number of benzene rings is 1. The first-order valence-electron chi connectivity index (χ1n) is 8.89. The Morgan fingerprint density at radius 3 is 2.93 bits per heavy atom. The zero-order valence-corrected chi connectivity index (χ0v) is 16.0. The second-order valence-corrected chi connectivity index (χ2v) is 6.88. The highest BCUT2D eigenvalue weighted by Crippen LogP contribution is 2.24. The summed E-state index contributed by atoms with van der Waals surface area (Å²) in [4.78, 5) is 29.7. The third-order valence-electron chi connectivity index (χ3n) is 4.63. The van der Waals surface area contributed by atoms with Crippen molar-refractivity contribution in [2.24, 2.45) is 0 Å². The van der Waals surface area contributed by atoms with Gasteiger partial charge in [0.25, 0.3) is 5.56 Å². The average Bonchev–Trinajstić information content (AvgIpc) is 3.40. The number of imidazole rings is 1. The van der Waals surface area contributed by atoms with Gasteiger partial charge in [-0.05, 0) is 31.2 Å². The van der Waals surface area contributed by atoms with E-state index in [0.717, 1.165) is 0 Å². The number of H-pyrrole nitrogens is 1. The van der Waals surface area contributed by atoms with Crippen molar-refractivity contribution in [1.82, 2.24) is 34.1 Å². The first-order chi connectivity index (χ1) is 14.1. The van der Waals surface area contributed by atoms with Crippen LogP contribution in [0.15, 0.2) is 60.0 Å². The maximum Gasteiger partial charge on any atom is 0.268 e. The Morgan fingerprint density at radius 1 is 1.21 bits per heavy atom. The molecule has 2 N–H and O–H groups in total. The van der Waals surface area contributed by atoms with Gasteiger partial charge in [-0.1, -0.05) is 17.7 Å². The van der Waals surface area contributed by atoms with Gasteiger partial charge in [-0.15, -0.1) is 0 Å². The van der Waals surface area contributed by atoms with Gasteiger partial charge >= 0.3 is 0 Å². The fourth-order valence-electron chi connectivity index (χ4n) is 3.32. The fourth-order valence-corrected chi connectivity index (χ4v) is 3.57. The van der Waals surface area contributed by atoms with Gasteiger partial charge in [0, 0.05) is 18.6 Å². The molecule has 144 valence electrons. The lowest BCUT2D eigenvalue weighted by molar-refractivity contribution is 0.722. The predicted molar refractivity (Wildman–Crippen MR) is 110 cm³/mol. The van der Waals surface area contributed by atoms with Crippen LogP contribution in [0.3, 0.4) is 0 Å². The Labute approximate surface area is 169 Å². The first-order valence-corrected chi connectivity index (χ1v) is 9.27. The summed E-state index contributed by atoms with van der Waals surface area (Å²) in [6.07, 6.45) is 6.57. The van der Waals surface area contributed by atoms with E-state index in [1.165, 1.54) is 10.9 Å². The van der Waals surface area contributed by atoms with Gasteiger partial charge < -0.3 is 10.3 Å². The summed E-state index contributed by atoms with van der Waals surface area (Å²) in [6.45, 7) is 1.90. The summed E-state index contributed by atoms with van der Waals surface area (Å²) in [5, 5.41) is 8.15. The van der Waals surface area contributed by atoms with Crippen molar-refractivity contribution in [3.05, 3.63) is 76.5 Å². The Balaban J connectivity index is 1.70. The molecular weight excluding hydrogens is 392 g/mol. The molecule has 5 rings (SSSR count). The Morgan fingerprint density at radius 2 is 2.10 bits per heavy atom. The monoisotopic (exact) mass is 406 g/mol. The molecule has 4 aromatic heterocycles. The van der Waals surface area contributed by atoms with E-state index in [2.05, 4.69) is 25.4 Å². The van der Waals surface area contributed by atoms with E-state index < -0.39 is 0 Å². The van der Waals surface area contributed by atoms with E-state index >= 15 is 0 Å². The van der Waals surface area contributed by atoms with E-state index in [0.29, 0.717) is 39.0 Å². The highest BCUT2D eigenvalue weighted by Gasteiger charge is 2.21. The summed E-state index contributed by atoms with van der Waals surface area (Å²) in [5.74, 6) is 1.65. The maximum absolute atomic E-state index is 13.3. The molecule has 0 saturated carbocycles. The van der Waals surface area contributed by atoms with Gasteiger partial charge in [0.05, 0.1) is 22.0 Å². The molecule has 0 fully saturated rings. The Kier molecular flexibility index (Phi) is 4.02. The molecule has 0 amide bonds. The van der Waals surface area contributed by atoms with Crippen LogP contribution in [0.2, 0.25) is 5.02 Å². The van der Waals surface area contributed by atoms with Gasteiger partial charge in [0.15, 0.2) is 11.5 Å². The van der Waals surface area contributed by atoms with Crippen LogP contribution in [0.1, 0.15) is 18.8 Å². The lowest BCUT2D eigenvalue weighted by atomic mass is 10.2. The lowest BCUT2D eigenvalue weighted by Gasteiger charge is -2.19. The second kappa shape index (κ2) is 6.71. The van der Waals surface area contributed by atoms with Crippen molar-refractivity contribution >= 4 is 34.0 Å². The second-order valence-electron chi connectivity index (χ2n) is 6.47. The van der Waals surface area contributed by atoms with Crippen LogP contribution < -0.4 is 10.9 Å². The van der Waals surface area contributed by atoms with Crippen molar-refractivity contribution in [3.8, 4) is 5.82 Å². The number of rotatable bonds is 4. The van der Waals surface area contributed by atoms with E-state index in [1.807, 2.05) is 13.0 Å². The van der Waals surface area contributed by atoms with E-state index in [9.17, 15) is 4.79 Å². The maximum atomic E-state index is 13.3. The van der Waals surface area contributed by atoms with Crippen LogP contribution >= 0.6 is 11.6 Å². The molecule has 10 heteroatoms. The third kappa shape index (κ3) is 2.83. The molecule has 4 heterocycles. The number of halogens is 1. The SMILES string of the molecule is CC(Nc1ncnn2ccnc12)c1nc2cccc(Cl)c2c(=O)n1-c1ccc[nH]1. The van der Waals surface area contributed by atoms with Gasteiger partial charge in [0.1, 0.15) is 18.0 Å². The quantitative estimate of drug-likeness (QED) is 0.475. The minimum Gasteiger partial charge on any atom is -0.357 e. The average molecular weight is 407 g/mol. The summed E-state index contributed by atoms with van der Waals surface area (Å²) in [7, 11) is 0. The fraction of sp³-hybridized carbons (Fsp3) is 0.105. The summed E-state index contributed by atoms with van der Waals surface area (Å²) in [6, 6.07) is 8.48. The number of anilines is 1. The molecule has 0 spiro atoms. The number of hydrogen-bond acceptors (Lipinski definition) is 6. The van der Waals surface area contributed by atoms with E-state index in [4.69, 9.17) is 16.6 Å². The van der Waals surface area contributed by atoms with Crippen LogP contribution in [0.4, 0.5) is 5.82 Å². The van der Waals surface area contributed by atoms with Crippen LogP contribution in [0.5, 0.6) is 0 Å². The van der Waals surface area contributed by atoms with Crippen molar-refractivity contribution < 1.29 is 0 Å². The Hall–Kier alpha value is -3.72. The highest BCUT2D eigenvalue weighted by atomic mass is 35.5. The summed E-state index contributed by atoms with van der Waals surface area (Å²) >= 11 is 6.30. The van der Waals surface area contributed by atoms with Gasteiger partial charge in [0.2, 0.25) is 0 Å². The van der Waals surface area contributed by atoms with Gasteiger partial charge in [-0.3, -0.25) is 4.79 Å². The molecular formula is C19H15ClN8O. The van der Waals surface area contributed by atoms with Crippen molar-refractivity contribution in [2.45, 2.75) is 13.0 Å². The molecule has 9 nitrogen and oxygen atoms in total. The Bertz CT molecular complexity index is 1390. The van der Waals surface area contributed by atoms with Gasteiger partial charge in [-0.25, -0.2) is 24.0 Å². The molecule has 5 aromatic rings. The number of fused-ring (bicyclic) bond motifs is 2.